The Hall–Kier alpha value is -3.81. The van der Waals surface area contributed by atoms with Crippen molar-refractivity contribution in [3.05, 3.63) is 53.6 Å². The lowest BCUT2D eigenvalue weighted by Gasteiger charge is -2.44. The van der Waals surface area contributed by atoms with Gasteiger partial charge in [-0.15, -0.1) is 0 Å². The molecule has 5 unspecified atom stereocenters. The third-order valence-corrected chi connectivity index (χ3v) is 7.72. The summed E-state index contributed by atoms with van der Waals surface area (Å²) >= 11 is 7.16. The van der Waals surface area contributed by atoms with Gasteiger partial charge < -0.3 is 33.6 Å². The van der Waals surface area contributed by atoms with Crippen LogP contribution in [0, 0.1) is 0 Å². The highest BCUT2D eigenvalue weighted by atomic mass is 35.5. The number of rotatable bonds is 11. The zero-order valence-electron chi connectivity index (χ0n) is 24.0. The van der Waals surface area contributed by atoms with Crippen molar-refractivity contribution < 1.29 is 42.9 Å². The molecule has 14 heteroatoms. The van der Waals surface area contributed by atoms with Gasteiger partial charge >= 0.3 is 17.9 Å². The molecule has 3 aromatic rings. The van der Waals surface area contributed by atoms with Gasteiger partial charge in [0.15, 0.2) is 17.4 Å². The summed E-state index contributed by atoms with van der Waals surface area (Å²) in [6.45, 7) is 5.35. The Kier molecular flexibility index (Phi) is 10.9. The summed E-state index contributed by atoms with van der Waals surface area (Å²) in [5.74, 6) is -1.70. The van der Waals surface area contributed by atoms with E-state index in [-0.39, 0.29) is 6.61 Å². The van der Waals surface area contributed by atoms with Crippen molar-refractivity contribution in [3.8, 4) is 5.75 Å². The van der Waals surface area contributed by atoms with Crippen molar-refractivity contribution in [1.82, 2.24) is 14.9 Å². The van der Waals surface area contributed by atoms with Crippen LogP contribution in [-0.2, 0) is 44.7 Å². The van der Waals surface area contributed by atoms with Gasteiger partial charge in [0.1, 0.15) is 36.5 Å². The number of nitrogens with one attached hydrogen (secondary N) is 1. The van der Waals surface area contributed by atoms with E-state index in [0.29, 0.717) is 34.6 Å². The molecule has 1 aliphatic heterocycles. The number of thioether (sulfide) groups is 1. The van der Waals surface area contributed by atoms with Gasteiger partial charge in [-0.3, -0.25) is 19.2 Å². The van der Waals surface area contributed by atoms with Crippen LogP contribution in [0.25, 0.3) is 11.0 Å². The molecule has 12 nitrogen and oxygen atoms in total. The largest absolute Gasteiger partial charge is 0.492 e. The molecule has 0 spiro atoms. The molecular weight excluding hydrogens is 602 g/mol. The maximum absolute atomic E-state index is 12.3. The Morgan fingerprint density at radius 2 is 1.63 bits per heavy atom. The highest BCUT2D eigenvalue weighted by Crippen LogP contribution is 2.37. The Morgan fingerprint density at radius 3 is 2.28 bits per heavy atom. The number of hydrogen-bond acceptors (Lipinski definition) is 11. The summed E-state index contributed by atoms with van der Waals surface area (Å²) in [4.78, 5) is 53.0. The molecule has 0 saturated carbocycles. The number of esters is 3. The fourth-order valence-corrected chi connectivity index (χ4v) is 6.01. The summed E-state index contributed by atoms with van der Waals surface area (Å²) in [7, 11) is 0. The van der Waals surface area contributed by atoms with Gasteiger partial charge in [-0.2, -0.15) is 0 Å². The summed E-state index contributed by atoms with van der Waals surface area (Å²) < 4.78 is 30.5. The molecule has 0 bridgehead atoms. The predicted octanol–water partition coefficient (Wildman–Crippen LogP) is 3.52. The standard InChI is InChI=1S/C29H32ClN3O9S/c1-16(34)31-25-27(41-19(4)37)26(40-18(3)36)24(15-39-17(2)35)42-28(25)43-29-32-22-7-5-6-8-23(22)33(29)13-14-38-21-11-9-20(30)10-12-21/h5-12,24-28H,13-15H2,1-4H3,(H,31,34). The van der Waals surface area contributed by atoms with Crippen LogP contribution in [0.1, 0.15) is 27.7 Å². The smallest absolute Gasteiger partial charge is 0.303 e. The molecule has 1 saturated heterocycles. The van der Waals surface area contributed by atoms with Crippen LogP contribution in [0.4, 0.5) is 0 Å². The molecule has 1 aliphatic rings. The van der Waals surface area contributed by atoms with Crippen LogP contribution in [-0.4, -0.2) is 76.4 Å². The van der Waals surface area contributed by atoms with Crippen LogP contribution >= 0.6 is 23.4 Å². The maximum Gasteiger partial charge on any atom is 0.303 e. The Balaban J connectivity index is 1.68. The second-order valence-corrected chi connectivity index (χ2v) is 11.2. The molecule has 43 heavy (non-hydrogen) atoms. The summed E-state index contributed by atoms with van der Waals surface area (Å²) in [6.07, 6.45) is -3.37. The Labute approximate surface area is 257 Å². The molecule has 5 atom stereocenters. The van der Waals surface area contributed by atoms with Crippen LogP contribution in [0.2, 0.25) is 5.02 Å². The first-order chi connectivity index (χ1) is 20.5. The van der Waals surface area contributed by atoms with Gasteiger partial charge in [0.2, 0.25) is 5.91 Å². The Bertz CT molecular complexity index is 1470. The molecular formula is C29H32ClN3O9S. The van der Waals surface area contributed by atoms with E-state index in [1.54, 1.807) is 24.3 Å². The number of fused-ring (bicyclic) bond motifs is 1. The topological polar surface area (TPSA) is 144 Å². The van der Waals surface area contributed by atoms with Gasteiger partial charge in [0, 0.05) is 32.7 Å². The van der Waals surface area contributed by atoms with Crippen LogP contribution in [0.5, 0.6) is 5.75 Å². The molecule has 2 aromatic carbocycles. The number of benzene rings is 2. The molecule has 1 N–H and O–H groups in total. The van der Waals surface area contributed by atoms with Crippen molar-refractivity contribution in [2.24, 2.45) is 0 Å². The fraction of sp³-hybridized carbons (Fsp3) is 0.414. The summed E-state index contributed by atoms with van der Waals surface area (Å²) in [5, 5.41) is 3.91. The van der Waals surface area contributed by atoms with E-state index in [9.17, 15) is 19.2 Å². The molecule has 4 rings (SSSR count). The first-order valence-electron chi connectivity index (χ1n) is 13.4. The lowest BCUT2D eigenvalue weighted by atomic mass is 9.97. The molecule has 0 aliphatic carbocycles. The molecule has 2 heterocycles. The second kappa shape index (κ2) is 14.6. The van der Waals surface area contributed by atoms with Gasteiger partial charge in [0.25, 0.3) is 0 Å². The van der Waals surface area contributed by atoms with Crippen molar-refractivity contribution in [3.63, 3.8) is 0 Å². The van der Waals surface area contributed by atoms with E-state index < -0.39 is 53.6 Å². The highest BCUT2D eigenvalue weighted by molar-refractivity contribution is 7.99. The van der Waals surface area contributed by atoms with Crippen LogP contribution < -0.4 is 10.1 Å². The Morgan fingerprint density at radius 1 is 0.953 bits per heavy atom. The first kappa shape index (κ1) is 32.1. The zero-order chi connectivity index (χ0) is 31.1. The highest BCUT2D eigenvalue weighted by Gasteiger charge is 2.51. The first-order valence-corrected chi connectivity index (χ1v) is 14.7. The van der Waals surface area contributed by atoms with Gasteiger partial charge in [-0.05, 0) is 36.4 Å². The number of halogens is 1. The molecule has 1 fully saturated rings. The van der Waals surface area contributed by atoms with E-state index in [4.69, 9.17) is 40.3 Å². The molecule has 0 radical (unpaired) electrons. The number of nitrogens with zero attached hydrogens (tertiary/aromatic N) is 2. The summed E-state index contributed by atoms with van der Waals surface area (Å²) in [6, 6.07) is 13.6. The lowest BCUT2D eigenvalue weighted by Crippen LogP contribution is -2.65. The van der Waals surface area contributed by atoms with Crippen molar-refractivity contribution in [1.29, 1.82) is 0 Å². The third-order valence-electron chi connectivity index (χ3n) is 6.31. The minimum Gasteiger partial charge on any atom is -0.492 e. The number of ether oxygens (including phenoxy) is 5. The van der Waals surface area contributed by atoms with E-state index in [1.807, 2.05) is 28.8 Å². The van der Waals surface area contributed by atoms with Gasteiger partial charge in [0.05, 0.1) is 17.6 Å². The molecule has 1 amide bonds. The van der Waals surface area contributed by atoms with Crippen LogP contribution in [0.3, 0.4) is 0 Å². The van der Waals surface area contributed by atoms with Crippen LogP contribution in [0.15, 0.2) is 53.7 Å². The average Bonchev–Trinajstić information content (AvgIpc) is 3.28. The predicted molar refractivity (Wildman–Crippen MR) is 157 cm³/mol. The summed E-state index contributed by atoms with van der Waals surface area (Å²) in [5.41, 5.74) is 0.643. The van der Waals surface area contributed by atoms with Gasteiger partial charge in [-0.1, -0.05) is 35.5 Å². The molecule has 230 valence electrons. The number of carbonyl (C=O) groups excluding carboxylic acids is 4. The number of imidazole rings is 1. The fourth-order valence-electron chi connectivity index (χ4n) is 4.64. The van der Waals surface area contributed by atoms with E-state index in [2.05, 4.69) is 5.32 Å². The van der Waals surface area contributed by atoms with E-state index >= 15 is 0 Å². The number of carbonyl (C=O) groups is 4. The normalized spacial score (nSPS) is 21.6. The minimum atomic E-state index is -1.18. The zero-order valence-corrected chi connectivity index (χ0v) is 25.6. The second-order valence-electron chi connectivity index (χ2n) is 9.67. The number of hydrogen-bond donors (Lipinski definition) is 1. The lowest BCUT2D eigenvalue weighted by molar-refractivity contribution is -0.211. The maximum atomic E-state index is 12.3. The van der Waals surface area contributed by atoms with E-state index in [1.165, 1.54) is 39.5 Å². The van der Waals surface area contributed by atoms with Crippen molar-refractivity contribution >= 4 is 58.2 Å². The van der Waals surface area contributed by atoms with Crippen molar-refractivity contribution in [2.75, 3.05) is 13.2 Å². The van der Waals surface area contributed by atoms with Gasteiger partial charge in [-0.25, -0.2) is 4.98 Å². The third kappa shape index (κ3) is 8.62. The van der Waals surface area contributed by atoms with Crippen molar-refractivity contribution in [2.45, 2.75) is 69.2 Å². The molecule has 1 aromatic heterocycles. The number of aromatic nitrogens is 2. The SMILES string of the molecule is CC(=O)NC1C(Sc2nc3ccccc3n2CCOc2ccc(Cl)cc2)OC(COC(C)=O)C(OC(C)=O)C1OC(C)=O. The quantitative estimate of drug-likeness (QED) is 0.245. The number of amides is 1. The minimum absolute atomic E-state index is 0.291. The number of para-hydroxylation sites is 2. The average molecular weight is 634 g/mol. The van der Waals surface area contributed by atoms with E-state index in [0.717, 1.165) is 5.52 Å². The monoisotopic (exact) mass is 633 g/mol.